The van der Waals surface area contributed by atoms with E-state index >= 15 is 0 Å². The molecule has 3 rings (SSSR count). The molecule has 0 radical (unpaired) electrons. The zero-order chi connectivity index (χ0) is 26.1. The van der Waals surface area contributed by atoms with Crippen molar-refractivity contribution in [3.63, 3.8) is 0 Å². The summed E-state index contributed by atoms with van der Waals surface area (Å²) in [6, 6.07) is 22.5. The molecule has 1 N–H and O–H groups in total. The van der Waals surface area contributed by atoms with Gasteiger partial charge in [0.05, 0.1) is 5.75 Å². The molecule has 2 amide bonds. The molecular formula is C29H32Cl2N2O2S. The van der Waals surface area contributed by atoms with Crippen molar-refractivity contribution in [2.75, 3.05) is 5.75 Å². The monoisotopic (exact) mass is 542 g/mol. The maximum Gasteiger partial charge on any atom is 0.243 e. The van der Waals surface area contributed by atoms with Gasteiger partial charge in [-0.1, -0.05) is 83.9 Å². The van der Waals surface area contributed by atoms with Crippen LogP contribution >= 0.6 is 35.0 Å². The van der Waals surface area contributed by atoms with Crippen molar-refractivity contribution in [2.24, 2.45) is 0 Å². The van der Waals surface area contributed by atoms with Gasteiger partial charge in [-0.25, -0.2) is 0 Å². The summed E-state index contributed by atoms with van der Waals surface area (Å²) in [6.45, 7) is 6.22. The lowest BCUT2D eigenvalue weighted by atomic mass is 10.0. The number of benzene rings is 3. The first kappa shape index (κ1) is 28.1. The number of hydrogen-bond acceptors (Lipinski definition) is 3. The van der Waals surface area contributed by atoms with Crippen LogP contribution in [0.2, 0.25) is 10.0 Å². The summed E-state index contributed by atoms with van der Waals surface area (Å²) in [4.78, 5) is 28.8. The molecule has 0 aliphatic rings. The Balaban J connectivity index is 1.88. The Labute approximate surface area is 228 Å². The van der Waals surface area contributed by atoms with Crippen molar-refractivity contribution in [2.45, 2.75) is 51.6 Å². The van der Waals surface area contributed by atoms with Crippen molar-refractivity contribution < 1.29 is 9.59 Å². The van der Waals surface area contributed by atoms with E-state index in [1.807, 2.05) is 75.4 Å². The number of nitrogens with one attached hydrogen (secondary N) is 1. The number of amides is 2. The predicted molar refractivity (Wildman–Crippen MR) is 152 cm³/mol. The minimum atomic E-state index is -0.647. The lowest BCUT2D eigenvalue weighted by Gasteiger charge is -2.32. The summed E-state index contributed by atoms with van der Waals surface area (Å²) in [5, 5.41) is 4.18. The van der Waals surface area contributed by atoms with E-state index in [-0.39, 0.29) is 23.6 Å². The predicted octanol–water partition coefficient (Wildman–Crippen LogP) is 6.70. The van der Waals surface area contributed by atoms with E-state index in [1.165, 1.54) is 11.8 Å². The van der Waals surface area contributed by atoms with Crippen molar-refractivity contribution in [3.8, 4) is 0 Å². The molecule has 3 aromatic carbocycles. The number of nitrogens with zero attached hydrogens (tertiary/aromatic N) is 1. The molecule has 0 spiro atoms. The normalized spacial score (nSPS) is 11.8. The van der Waals surface area contributed by atoms with Gasteiger partial charge in [0.15, 0.2) is 0 Å². The van der Waals surface area contributed by atoms with Gasteiger partial charge in [0.25, 0.3) is 0 Å². The van der Waals surface area contributed by atoms with Gasteiger partial charge >= 0.3 is 0 Å². The second-order valence-corrected chi connectivity index (χ2v) is 10.8. The molecule has 0 saturated heterocycles. The Hall–Kier alpha value is -2.47. The molecule has 0 heterocycles. The van der Waals surface area contributed by atoms with Gasteiger partial charge in [0.1, 0.15) is 6.04 Å². The molecule has 1 unspecified atom stereocenters. The molecule has 3 aromatic rings. The van der Waals surface area contributed by atoms with Crippen LogP contribution < -0.4 is 5.32 Å². The van der Waals surface area contributed by atoms with Crippen molar-refractivity contribution >= 4 is 46.8 Å². The average molecular weight is 544 g/mol. The van der Waals surface area contributed by atoms with Gasteiger partial charge in [0, 0.05) is 34.8 Å². The fourth-order valence-corrected chi connectivity index (χ4v) is 5.55. The number of hydrogen-bond donors (Lipinski definition) is 1. The van der Waals surface area contributed by atoms with Crippen molar-refractivity contribution in [3.05, 3.63) is 105 Å². The third-order valence-electron chi connectivity index (χ3n) is 5.84. The first-order valence-electron chi connectivity index (χ1n) is 11.9. The van der Waals surface area contributed by atoms with Crippen molar-refractivity contribution in [1.29, 1.82) is 0 Å². The molecule has 0 aliphatic carbocycles. The molecular weight excluding hydrogens is 511 g/mol. The Morgan fingerprint density at radius 1 is 0.917 bits per heavy atom. The molecule has 0 aromatic heterocycles. The quantitative estimate of drug-likeness (QED) is 0.293. The highest BCUT2D eigenvalue weighted by Crippen LogP contribution is 2.28. The zero-order valence-electron chi connectivity index (χ0n) is 20.8. The Morgan fingerprint density at radius 3 is 2.19 bits per heavy atom. The van der Waals surface area contributed by atoms with E-state index in [9.17, 15) is 9.59 Å². The largest absolute Gasteiger partial charge is 0.352 e. The van der Waals surface area contributed by atoms with Gasteiger partial charge in [-0.3, -0.25) is 9.59 Å². The average Bonchev–Trinajstić information content (AvgIpc) is 2.84. The molecule has 4 nitrogen and oxygen atoms in total. The van der Waals surface area contributed by atoms with Crippen LogP contribution in [0.1, 0.15) is 36.1 Å². The van der Waals surface area contributed by atoms with E-state index in [1.54, 1.807) is 23.1 Å². The number of aryl methyl sites for hydroxylation is 1. The summed E-state index contributed by atoms with van der Waals surface area (Å²) in [5.41, 5.74) is 3.90. The van der Waals surface area contributed by atoms with E-state index in [2.05, 4.69) is 5.32 Å². The van der Waals surface area contributed by atoms with Crippen molar-refractivity contribution in [1.82, 2.24) is 10.2 Å². The molecule has 0 bridgehead atoms. The van der Waals surface area contributed by atoms with Crippen LogP contribution in [0.3, 0.4) is 0 Å². The zero-order valence-corrected chi connectivity index (χ0v) is 23.2. The molecule has 190 valence electrons. The van der Waals surface area contributed by atoms with Crippen LogP contribution in [0, 0.1) is 6.92 Å². The number of halogens is 2. The number of rotatable bonds is 11. The molecule has 1 atom stereocenters. The summed E-state index contributed by atoms with van der Waals surface area (Å²) >= 11 is 14.1. The fourth-order valence-electron chi connectivity index (χ4n) is 3.90. The minimum Gasteiger partial charge on any atom is -0.352 e. The SMILES string of the molecule is Cc1ccccc1CN(C(=O)CSCc1c(Cl)cccc1Cl)C(Cc1ccccc1)C(=O)NC(C)C. The van der Waals surface area contributed by atoms with Gasteiger partial charge in [-0.2, -0.15) is 0 Å². The molecule has 0 aliphatic heterocycles. The number of carbonyl (C=O) groups is 2. The highest BCUT2D eigenvalue weighted by atomic mass is 35.5. The lowest BCUT2D eigenvalue weighted by Crippen LogP contribution is -2.52. The lowest BCUT2D eigenvalue weighted by molar-refractivity contribution is -0.139. The van der Waals surface area contributed by atoms with Gasteiger partial charge in [-0.05, 0) is 55.2 Å². The van der Waals surface area contributed by atoms with E-state index < -0.39 is 6.04 Å². The van der Waals surface area contributed by atoms with Crippen LogP contribution in [0.15, 0.2) is 72.8 Å². The van der Waals surface area contributed by atoms with E-state index in [0.29, 0.717) is 28.8 Å². The third kappa shape index (κ3) is 8.02. The van der Waals surface area contributed by atoms with Gasteiger partial charge in [-0.15, -0.1) is 11.8 Å². The Morgan fingerprint density at radius 2 is 1.56 bits per heavy atom. The molecule has 36 heavy (non-hydrogen) atoms. The second-order valence-electron chi connectivity index (χ2n) is 9.01. The third-order valence-corrected chi connectivity index (χ3v) is 7.49. The van der Waals surface area contributed by atoms with Crippen LogP contribution in [0.25, 0.3) is 0 Å². The van der Waals surface area contributed by atoms with Crippen LogP contribution in [-0.4, -0.2) is 34.6 Å². The topological polar surface area (TPSA) is 49.4 Å². The molecule has 0 fully saturated rings. The standard InChI is InChI=1S/C29H32Cl2N2O2S/c1-20(2)32-29(35)27(16-22-11-5-4-6-12-22)33(17-23-13-8-7-10-21(23)3)28(34)19-36-18-24-25(30)14-9-15-26(24)31/h4-15,20,27H,16-19H2,1-3H3,(H,32,35). The van der Waals surface area contributed by atoms with Crippen LogP contribution in [0.4, 0.5) is 0 Å². The van der Waals surface area contributed by atoms with Gasteiger partial charge in [0.2, 0.25) is 11.8 Å². The summed E-state index contributed by atoms with van der Waals surface area (Å²) in [5.74, 6) is 0.443. The fraction of sp³-hybridized carbons (Fsp3) is 0.310. The smallest absolute Gasteiger partial charge is 0.243 e. The highest BCUT2D eigenvalue weighted by Gasteiger charge is 2.31. The van der Waals surface area contributed by atoms with Crippen LogP contribution in [0.5, 0.6) is 0 Å². The van der Waals surface area contributed by atoms with E-state index in [0.717, 1.165) is 22.3 Å². The summed E-state index contributed by atoms with van der Waals surface area (Å²) < 4.78 is 0. The first-order valence-corrected chi connectivity index (χ1v) is 13.9. The second kappa shape index (κ2) is 13.7. The Kier molecular flexibility index (Phi) is 10.7. The van der Waals surface area contributed by atoms with Crippen LogP contribution in [-0.2, 0) is 28.3 Å². The maximum absolute atomic E-state index is 13.7. The summed E-state index contributed by atoms with van der Waals surface area (Å²) in [7, 11) is 0. The van der Waals surface area contributed by atoms with Gasteiger partial charge < -0.3 is 10.2 Å². The maximum atomic E-state index is 13.7. The molecule has 7 heteroatoms. The molecule has 0 saturated carbocycles. The first-order chi connectivity index (χ1) is 17.3. The number of carbonyl (C=O) groups excluding carboxylic acids is 2. The highest BCUT2D eigenvalue weighted by molar-refractivity contribution is 7.99. The van der Waals surface area contributed by atoms with E-state index in [4.69, 9.17) is 23.2 Å². The number of thioether (sulfide) groups is 1. The summed E-state index contributed by atoms with van der Waals surface area (Å²) in [6.07, 6.45) is 0.429. The Bertz CT molecular complexity index is 1150. The minimum absolute atomic E-state index is 0.0390.